The fraction of sp³-hybridized carbons (Fsp3) is 0.133. The molecule has 112 valence electrons. The number of nitrogens with one attached hydrogen (secondary N) is 1. The van der Waals surface area contributed by atoms with Crippen molar-refractivity contribution in [2.45, 2.75) is 6.54 Å². The molecule has 1 amide bonds. The van der Waals surface area contributed by atoms with Gasteiger partial charge in [0.1, 0.15) is 16.9 Å². The van der Waals surface area contributed by atoms with Crippen LogP contribution in [0.15, 0.2) is 48.5 Å². The average Bonchev–Trinajstić information content (AvgIpc) is 2.95. The van der Waals surface area contributed by atoms with Crippen molar-refractivity contribution in [3.63, 3.8) is 0 Å². The van der Waals surface area contributed by atoms with Gasteiger partial charge in [0.2, 0.25) is 0 Å². The first-order valence-corrected chi connectivity index (χ1v) is 6.68. The zero-order valence-corrected chi connectivity index (χ0v) is 11.6. The third-order valence-corrected chi connectivity index (χ3v) is 3.07. The zero-order valence-electron chi connectivity index (χ0n) is 11.6. The maximum Gasteiger partial charge on any atom is 0.261 e. The van der Waals surface area contributed by atoms with E-state index in [2.05, 4.69) is 15.6 Å². The molecule has 0 spiro atoms. The minimum Gasteiger partial charge on any atom is -0.385 e. The van der Waals surface area contributed by atoms with E-state index in [-0.39, 0.29) is 24.9 Å². The van der Waals surface area contributed by atoms with Crippen molar-refractivity contribution in [2.75, 3.05) is 6.61 Å². The number of amides is 1. The summed E-state index contributed by atoms with van der Waals surface area (Å²) in [5, 5.41) is 10.3. The monoisotopic (exact) mass is 300 g/mol. The first-order valence-electron chi connectivity index (χ1n) is 6.68. The summed E-state index contributed by atoms with van der Waals surface area (Å²) in [6.45, 7) is -0.130. The molecular weight excluding hydrogens is 287 g/mol. The maximum atomic E-state index is 13.4. The van der Waals surface area contributed by atoms with Crippen molar-refractivity contribution in [3.05, 3.63) is 59.9 Å². The van der Waals surface area contributed by atoms with E-state index in [1.807, 2.05) is 12.1 Å². The molecular formula is C15H13FN4O2. The van der Waals surface area contributed by atoms with Gasteiger partial charge in [0.05, 0.1) is 0 Å². The largest absolute Gasteiger partial charge is 0.385 e. The second-order valence-corrected chi connectivity index (χ2v) is 4.59. The van der Waals surface area contributed by atoms with Crippen molar-refractivity contribution < 1.29 is 14.0 Å². The molecule has 3 rings (SSSR count). The summed E-state index contributed by atoms with van der Waals surface area (Å²) in [7, 11) is 0. The summed E-state index contributed by atoms with van der Waals surface area (Å²) in [5.41, 5.74) is 1.76. The molecule has 3 aromatic rings. The number of benzene rings is 2. The van der Waals surface area contributed by atoms with Crippen LogP contribution in [0.25, 0.3) is 11.0 Å². The first-order chi connectivity index (χ1) is 10.7. The second-order valence-electron chi connectivity index (χ2n) is 4.59. The number of fused-ring (bicyclic) bond motifs is 1. The summed E-state index contributed by atoms with van der Waals surface area (Å²) in [4.78, 5) is 18.2. The van der Waals surface area contributed by atoms with Crippen molar-refractivity contribution in [1.29, 1.82) is 0 Å². The Hall–Kier alpha value is -2.96. The van der Waals surface area contributed by atoms with Crippen LogP contribution in [0.5, 0.6) is 0 Å². The summed E-state index contributed by atoms with van der Waals surface area (Å²) in [6, 6.07) is 13.5. The van der Waals surface area contributed by atoms with Crippen molar-refractivity contribution >= 4 is 16.9 Å². The summed E-state index contributed by atoms with van der Waals surface area (Å²) in [6.07, 6.45) is 0. The number of aromatic nitrogens is 3. The van der Waals surface area contributed by atoms with Gasteiger partial charge in [-0.15, -0.1) is 5.10 Å². The highest BCUT2D eigenvalue weighted by molar-refractivity contribution is 5.77. The molecule has 0 bridgehead atoms. The summed E-state index contributed by atoms with van der Waals surface area (Å²) < 4.78 is 13.4. The molecule has 0 saturated carbocycles. The Morgan fingerprint density at radius 2 is 1.95 bits per heavy atom. The molecule has 0 unspecified atom stereocenters. The molecule has 7 heteroatoms. The van der Waals surface area contributed by atoms with Gasteiger partial charge in [0, 0.05) is 12.1 Å². The predicted molar refractivity (Wildman–Crippen MR) is 77.2 cm³/mol. The van der Waals surface area contributed by atoms with Gasteiger partial charge >= 0.3 is 0 Å². The highest BCUT2D eigenvalue weighted by Gasteiger charge is 2.08. The first kappa shape index (κ1) is 14.0. The highest BCUT2D eigenvalue weighted by atomic mass is 19.1. The molecule has 0 aliphatic carbocycles. The molecule has 22 heavy (non-hydrogen) atoms. The van der Waals surface area contributed by atoms with Gasteiger partial charge in [-0.25, -0.2) is 4.39 Å². The smallest absolute Gasteiger partial charge is 0.261 e. The van der Waals surface area contributed by atoms with Gasteiger partial charge < -0.3 is 10.2 Å². The number of halogens is 1. The lowest BCUT2D eigenvalue weighted by molar-refractivity contribution is -0.126. The fourth-order valence-corrected chi connectivity index (χ4v) is 1.95. The molecule has 0 atom stereocenters. The highest BCUT2D eigenvalue weighted by Crippen LogP contribution is 2.08. The molecule has 2 aromatic carbocycles. The van der Waals surface area contributed by atoms with Crippen LogP contribution in [0.2, 0.25) is 0 Å². The van der Waals surface area contributed by atoms with Crippen LogP contribution in [0.1, 0.15) is 5.56 Å². The minimum atomic E-state index is -0.372. The normalized spacial score (nSPS) is 10.6. The van der Waals surface area contributed by atoms with E-state index in [4.69, 9.17) is 4.84 Å². The van der Waals surface area contributed by atoms with E-state index >= 15 is 0 Å². The topological polar surface area (TPSA) is 69.0 Å². The number of carbonyl (C=O) groups is 1. The Balaban J connectivity index is 1.55. The van der Waals surface area contributed by atoms with Gasteiger partial charge in [-0.3, -0.25) is 4.79 Å². The van der Waals surface area contributed by atoms with Gasteiger partial charge in [-0.2, -0.15) is 0 Å². The van der Waals surface area contributed by atoms with Gasteiger partial charge in [0.25, 0.3) is 5.91 Å². The Morgan fingerprint density at radius 1 is 1.18 bits per heavy atom. The fourth-order valence-electron chi connectivity index (χ4n) is 1.95. The Labute approximate surface area is 125 Å². The third kappa shape index (κ3) is 3.03. The van der Waals surface area contributed by atoms with E-state index in [1.165, 1.54) is 10.9 Å². The Bertz CT molecular complexity index is 803. The van der Waals surface area contributed by atoms with Crippen LogP contribution in [0.4, 0.5) is 4.39 Å². The van der Waals surface area contributed by atoms with Gasteiger partial charge in [0.15, 0.2) is 6.61 Å². The lowest BCUT2D eigenvalue weighted by Crippen LogP contribution is -2.31. The van der Waals surface area contributed by atoms with E-state index in [0.29, 0.717) is 16.6 Å². The number of hydrogen-bond donors (Lipinski definition) is 1. The van der Waals surface area contributed by atoms with Gasteiger partial charge in [-0.1, -0.05) is 35.2 Å². The van der Waals surface area contributed by atoms with E-state index in [1.54, 1.807) is 30.3 Å². The van der Waals surface area contributed by atoms with Crippen molar-refractivity contribution in [1.82, 2.24) is 20.5 Å². The van der Waals surface area contributed by atoms with Crippen molar-refractivity contribution in [2.24, 2.45) is 0 Å². The number of para-hydroxylation sites is 1. The second kappa shape index (κ2) is 6.21. The molecule has 6 nitrogen and oxygen atoms in total. The van der Waals surface area contributed by atoms with E-state index < -0.39 is 0 Å². The van der Waals surface area contributed by atoms with Crippen LogP contribution in [0, 0.1) is 5.82 Å². The Morgan fingerprint density at radius 3 is 2.82 bits per heavy atom. The molecule has 0 fully saturated rings. The minimum absolute atomic E-state index is 0.104. The molecule has 0 radical (unpaired) electrons. The third-order valence-electron chi connectivity index (χ3n) is 3.07. The molecule has 1 heterocycles. The number of hydrogen-bond acceptors (Lipinski definition) is 4. The SMILES string of the molecule is O=C(COn1nnc2ccccc21)NCc1ccccc1F. The van der Waals surface area contributed by atoms with Crippen LogP contribution in [0.3, 0.4) is 0 Å². The number of rotatable bonds is 5. The molecule has 1 aromatic heterocycles. The Kier molecular flexibility index (Phi) is 3.95. The standard InChI is InChI=1S/C15H13FN4O2/c16-12-6-2-1-5-11(12)9-17-15(21)10-22-20-14-8-4-3-7-13(14)18-19-20/h1-8H,9-10H2,(H,17,21). The zero-order chi connectivity index (χ0) is 15.4. The molecule has 0 aliphatic heterocycles. The van der Waals surface area contributed by atoms with Crippen LogP contribution >= 0.6 is 0 Å². The lowest BCUT2D eigenvalue weighted by Gasteiger charge is -2.07. The number of nitrogens with zero attached hydrogens (tertiary/aromatic N) is 3. The van der Waals surface area contributed by atoms with E-state index in [9.17, 15) is 9.18 Å². The lowest BCUT2D eigenvalue weighted by atomic mass is 10.2. The average molecular weight is 300 g/mol. The number of carbonyl (C=O) groups excluding carboxylic acids is 1. The molecule has 1 N–H and O–H groups in total. The van der Waals surface area contributed by atoms with Crippen LogP contribution in [-0.4, -0.2) is 27.7 Å². The van der Waals surface area contributed by atoms with Gasteiger partial charge in [-0.05, 0) is 23.4 Å². The molecule has 0 saturated heterocycles. The summed E-state index contributed by atoms with van der Waals surface area (Å²) >= 11 is 0. The van der Waals surface area contributed by atoms with Crippen molar-refractivity contribution in [3.8, 4) is 0 Å². The predicted octanol–water partition coefficient (Wildman–Crippen LogP) is 1.32. The molecule has 0 aliphatic rings. The van der Waals surface area contributed by atoms with Crippen LogP contribution < -0.4 is 10.2 Å². The van der Waals surface area contributed by atoms with E-state index in [0.717, 1.165) is 0 Å². The van der Waals surface area contributed by atoms with Crippen LogP contribution in [-0.2, 0) is 11.3 Å². The maximum absolute atomic E-state index is 13.4. The summed E-state index contributed by atoms with van der Waals surface area (Å²) in [5.74, 6) is -0.728. The quantitative estimate of drug-likeness (QED) is 0.771.